The molecule has 0 amide bonds. The smallest absolute Gasteiger partial charge is 0.275 e. The van der Waals surface area contributed by atoms with Gasteiger partial charge in [-0.15, -0.1) is 0 Å². The third-order valence-corrected chi connectivity index (χ3v) is 3.25. The molecule has 6 heteroatoms. The van der Waals surface area contributed by atoms with Crippen LogP contribution in [-0.4, -0.2) is 4.92 Å². The van der Waals surface area contributed by atoms with Crippen molar-refractivity contribution < 1.29 is 4.92 Å². The van der Waals surface area contributed by atoms with E-state index in [1.165, 1.54) is 6.07 Å². The Hall–Kier alpha value is -1.62. The molecule has 0 saturated carbocycles. The Morgan fingerprint density at radius 2 is 1.80 bits per heavy atom. The number of nitro groups is 1. The van der Waals surface area contributed by atoms with Gasteiger partial charge in [-0.2, -0.15) is 0 Å². The average Bonchev–Trinajstić information content (AvgIpc) is 2.40. The first-order valence-electron chi connectivity index (χ1n) is 5.94. The van der Waals surface area contributed by atoms with E-state index in [4.69, 9.17) is 23.2 Å². The highest BCUT2D eigenvalue weighted by Gasteiger charge is 2.13. The van der Waals surface area contributed by atoms with E-state index in [1.54, 1.807) is 18.2 Å². The first-order chi connectivity index (χ1) is 9.56. The fraction of sp³-hybridized carbons (Fsp3) is 0.143. The first kappa shape index (κ1) is 14.8. The van der Waals surface area contributed by atoms with E-state index >= 15 is 0 Å². The topological polar surface area (TPSA) is 55.2 Å². The van der Waals surface area contributed by atoms with Crippen molar-refractivity contribution in [2.24, 2.45) is 0 Å². The molecule has 0 heterocycles. The van der Waals surface area contributed by atoms with Crippen molar-refractivity contribution in [1.29, 1.82) is 0 Å². The third kappa shape index (κ3) is 3.93. The minimum absolute atomic E-state index is 0.0242. The van der Waals surface area contributed by atoms with Gasteiger partial charge < -0.3 is 5.32 Å². The van der Waals surface area contributed by atoms with Crippen LogP contribution in [0.25, 0.3) is 0 Å². The number of rotatable bonds is 5. The van der Waals surface area contributed by atoms with Crippen LogP contribution in [0.1, 0.15) is 11.1 Å². The molecule has 0 atom stereocenters. The molecular formula is C14H12Cl2N2O2. The van der Waals surface area contributed by atoms with Gasteiger partial charge in [0.15, 0.2) is 0 Å². The molecule has 0 saturated heterocycles. The lowest BCUT2D eigenvalue weighted by Crippen LogP contribution is -2.13. The van der Waals surface area contributed by atoms with Crippen LogP contribution in [-0.2, 0) is 13.1 Å². The summed E-state index contributed by atoms with van der Waals surface area (Å²) >= 11 is 11.7. The Balaban J connectivity index is 2.02. The molecule has 0 fully saturated rings. The summed E-state index contributed by atoms with van der Waals surface area (Å²) in [6, 6.07) is 12.1. The molecule has 1 N–H and O–H groups in total. The predicted octanol–water partition coefficient (Wildman–Crippen LogP) is 4.19. The molecule has 0 aliphatic heterocycles. The molecule has 2 aromatic carbocycles. The van der Waals surface area contributed by atoms with Gasteiger partial charge in [0.05, 0.1) is 4.92 Å². The second kappa shape index (κ2) is 6.70. The lowest BCUT2D eigenvalue weighted by molar-refractivity contribution is -0.385. The summed E-state index contributed by atoms with van der Waals surface area (Å²) in [6.45, 7) is 0.973. The van der Waals surface area contributed by atoms with Crippen molar-refractivity contribution in [1.82, 2.24) is 5.32 Å². The predicted molar refractivity (Wildman–Crippen MR) is 80.1 cm³/mol. The van der Waals surface area contributed by atoms with Gasteiger partial charge >= 0.3 is 0 Å². The minimum Gasteiger partial charge on any atom is -0.308 e. The van der Waals surface area contributed by atoms with Crippen LogP contribution < -0.4 is 5.32 Å². The highest BCUT2D eigenvalue weighted by atomic mass is 35.5. The fourth-order valence-corrected chi connectivity index (χ4v) is 2.22. The zero-order valence-corrected chi connectivity index (χ0v) is 12.0. The van der Waals surface area contributed by atoms with E-state index in [0.29, 0.717) is 28.7 Å². The number of benzene rings is 2. The second-order valence-electron chi connectivity index (χ2n) is 4.26. The van der Waals surface area contributed by atoms with E-state index < -0.39 is 4.92 Å². The molecule has 0 aromatic heterocycles. The number of nitrogens with zero attached hydrogens (tertiary/aromatic N) is 1. The zero-order chi connectivity index (χ0) is 14.5. The molecule has 104 valence electrons. The Morgan fingerprint density at radius 3 is 2.50 bits per heavy atom. The summed E-state index contributed by atoms with van der Waals surface area (Å²) in [6.07, 6.45) is 0. The van der Waals surface area contributed by atoms with Gasteiger partial charge in [0.1, 0.15) is 0 Å². The summed E-state index contributed by atoms with van der Waals surface area (Å²) in [5.74, 6) is 0. The SMILES string of the molecule is O=[N+]([O-])c1cc(Cl)ccc1CNCc1cccc(Cl)c1. The highest BCUT2D eigenvalue weighted by molar-refractivity contribution is 6.31. The average molecular weight is 311 g/mol. The Labute approximate surface area is 126 Å². The Morgan fingerprint density at radius 1 is 1.05 bits per heavy atom. The fourth-order valence-electron chi connectivity index (χ4n) is 1.84. The quantitative estimate of drug-likeness (QED) is 0.665. The van der Waals surface area contributed by atoms with E-state index in [1.807, 2.05) is 18.2 Å². The maximum Gasteiger partial charge on any atom is 0.275 e. The van der Waals surface area contributed by atoms with Crippen molar-refractivity contribution in [2.45, 2.75) is 13.1 Å². The van der Waals surface area contributed by atoms with Crippen molar-refractivity contribution in [3.63, 3.8) is 0 Å². The van der Waals surface area contributed by atoms with Gasteiger partial charge in [0, 0.05) is 34.8 Å². The molecule has 0 unspecified atom stereocenters. The van der Waals surface area contributed by atoms with Crippen molar-refractivity contribution in [3.05, 3.63) is 73.8 Å². The van der Waals surface area contributed by atoms with Gasteiger partial charge in [-0.3, -0.25) is 10.1 Å². The number of hydrogen-bond acceptors (Lipinski definition) is 3. The molecule has 20 heavy (non-hydrogen) atoms. The lowest BCUT2D eigenvalue weighted by Gasteiger charge is -2.06. The first-order valence-corrected chi connectivity index (χ1v) is 6.70. The summed E-state index contributed by atoms with van der Waals surface area (Å²) in [5, 5.41) is 15.1. The van der Waals surface area contributed by atoms with Crippen LogP contribution in [0.2, 0.25) is 10.0 Å². The minimum atomic E-state index is -0.428. The molecule has 0 radical (unpaired) electrons. The lowest BCUT2D eigenvalue weighted by atomic mass is 10.1. The molecule has 0 spiro atoms. The summed E-state index contributed by atoms with van der Waals surface area (Å²) in [7, 11) is 0. The van der Waals surface area contributed by atoms with Gasteiger partial charge in [-0.1, -0.05) is 35.3 Å². The summed E-state index contributed by atoms with van der Waals surface area (Å²) < 4.78 is 0. The van der Waals surface area contributed by atoms with Crippen LogP contribution >= 0.6 is 23.2 Å². The molecule has 0 bridgehead atoms. The van der Waals surface area contributed by atoms with Crippen molar-refractivity contribution >= 4 is 28.9 Å². The number of nitrogens with one attached hydrogen (secondary N) is 1. The molecule has 0 aliphatic carbocycles. The van der Waals surface area contributed by atoms with E-state index in [9.17, 15) is 10.1 Å². The van der Waals surface area contributed by atoms with Crippen LogP contribution in [0.3, 0.4) is 0 Å². The maximum atomic E-state index is 11.0. The van der Waals surface area contributed by atoms with Gasteiger partial charge in [-0.25, -0.2) is 0 Å². The number of hydrogen-bond donors (Lipinski definition) is 1. The second-order valence-corrected chi connectivity index (χ2v) is 5.14. The Kier molecular flexibility index (Phi) is 4.95. The number of nitro benzene ring substituents is 1. The molecule has 2 rings (SSSR count). The standard InChI is InChI=1S/C14H12Cl2N2O2/c15-12-3-1-2-10(6-12)8-17-9-11-4-5-13(16)7-14(11)18(19)20/h1-7,17H,8-9H2. The summed E-state index contributed by atoms with van der Waals surface area (Å²) in [4.78, 5) is 10.5. The van der Waals surface area contributed by atoms with E-state index in [-0.39, 0.29) is 5.69 Å². The van der Waals surface area contributed by atoms with Crippen LogP contribution in [0.5, 0.6) is 0 Å². The van der Waals surface area contributed by atoms with Crippen LogP contribution in [0, 0.1) is 10.1 Å². The number of halogens is 2. The van der Waals surface area contributed by atoms with Crippen molar-refractivity contribution in [3.8, 4) is 0 Å². The maximum absolute atomic E-state index is 11.0. The monoisotopic (exact) mass is 310 g/mol. The zero-order valence-electron chi connectivity index (χ0n) is 10.5. The van der Waals surface area contributed by atoms with Crippen LogP contribution in [0.4, 0.5) is 5.69 Å². The van der Waals surface area contributed by atoms with E-state index in [2.05, 4.69) is 5.32 Å². The molecule has 0 aliphatic rings. The van der Waals surface area contributed by atoms with Gasteiger partial charge in [0.25, 0.3) is 5.69 Å². The van der Waals surface area contributed by atoms with Crippen LogP contribution in [0.15, 0.2) is 42.5 Å². The van der Waals surface area contributed by atoms with E-state index in [0.717, 1.165) is 5.56 Å². The highest BCUT2D eigenvalue weighted by Crippen LogP contribution is 2.23. The summed E-state index contributed by atoms with van der Waals surface area (Å²) in [5.41, 5.74) is 1.65. The molecular weight excluding hydrogens is 299 g/mol. The van der Waals surface area contributed by atoms with Crippen molar-refractivity contribution in [2.75, 3.05) is 0 Å². The normalized spacial score (nSPS) is 10.5. The largest absolute Gasteiger partial charge is 0.308 e. The third-order valence-electron chi connectivity index (χ3n) is 2.78. The van der Waals surface area contributed by atoms with Gasteiger partial charge in [-0.05, 0) is 29.8 Å². The Bertz CT molecular complexity index is 632. The molecule has 4 nitrogen and oxygen atoms in total. The van der Waals surface area contributed by atoms with Gasteiger partial charge in [0.2, 0.25) is 0 Å². The molecule has 2 aromatic rings.